The Balaban J connectivity index is 2.34. The second-order valence-corrected chi connectivity index (χ2v) is 4.31. The van der Waals surface area contributed by atoms with Crippen LogP contribution in [0.4, 0.5) is 4.79 Å². The van der Waals surface area contributed by atoms with Gasteiger partial charge in [-0.25, -0.2) is 4.79 Å². The summed E-state index contributed by atoms with van der Waals surface area (Å²) in [5.41, 5.74) is 1.73. The van der Waals surface area contributed by atoms with E-state index in [1.807, 2.05) is 32.0 Å². The van der Waals surface area contributed by atoms with Crippen molar-refractivity contribution >= 4 is 11.9 Å². The third-order valence-electron chi connectivity index (χ3n) is 2.49. The Kier molecular flexibility index (Phi) is 5.78. The van der Waals surface area contributed by atoms with Crippen molar-refractivity contribution in [3.8, 4) is 0 Å². The lowest BCUT2D eigenvalue weighted by molar-refractivity contribution is -0.118. The van der Waals surface area contributed by atoms with Crippen LogP contribution in [0.25, 0.3) is 0 Å². The van der Waals surface area contributed by atoms with Gasteiger partial charge in [-0.05, 0) is 26.0 Å². The topological polar surface area (TPSA) is 83.1 Å². The Bertz CT molecular complexity index is 448. The number of hydrogen-bond acceptors (Lipinski definition) is 3. The molecule has 1 heterocycles. The molecule has 0 spiro atoms. The molecule has 0 aliphatic heterocycles. The van der Waals surface area contributed by atoms with E-state index >= 15 is 0 Å². The molecular formula is C13H20N4O2. The van der Waals surface area contributed by atoms with Crippen molar-refractivity contribution < 1.29 is 9.59 Å². The van der Waals surface area contributed by atoms with E-state index in [0.29, 0.717) is 13.1 Å². The summed E-state index contributed by atoms with van der Waals surface area (Å²) in [6.45, 7) is 6.02. The molecule has 0 aliphatic carbocycles. The van der Waals surface area contributed by atoms with E-state index in [9.17, 15) is 9.59 Å². The first-order valence-corrected chi connectivity index (χ1v) is 6.21. The summed E-state index contributed by atoms with van der Waals surface area (Å²) in [4.78, 5) is 26.6. The van der Waals surface area contributed by atoms with Gasteiger partial charge in [0.25, 0.3) is 0 Å². The van der Waals surface area contributed by atoms with Gasteiger partial charge in [0.15, 0.2) is 0 Å². The molecule has 0 radical (unpaired) electrons. The quantitative estimate of drug-likeness (QED) is 0.691. The molecule has 6 nitrogen and oxygen atoms in total. The second-order valence-electron chi connectivity index (χ2n) is 4.31. The molecule has 1 rings (SSSR count). The number of amides is 3. The number of carbonyl (C=O) groups is 2. The number of nitrogens with zero attached hydrogens (tertiary/aromatic N) is 1. The Morgan fingerprint density at radius 1 is 1.26 bits per heavy atom. The first kappa shape index (κ1) is 14.9. The van der Waals surface area contributed by atoms with E-state index in [1.54, 1.807) is 0 Å². The van der Waals surface area contributed by atoms with Crippen LogP contribution in [0.5, 0.6) is 0 Å². The van der Waals surface area contributed by atoms with E-state index in [1.165, 1.54) is 6.92 Å². The normalized spacial score (nSPS) is 11.5. The minimum Gasteiger partial charge on any atom is -0.355 e. The number of aromatic nitrogens is 1. The van der Waals surface area contributed by atoms with E-state index in [4.69, 9.17) is 0 Å². The number of nitrogens with one attached hydrogen (secondary N) is 3. The number of rotatable bonds is 5. The maximum Gasteiger partial charge on any atom is 0.315 e. The van der Waals surface area contributed by atoms with E-state index in [-0.39, 0.29) is 18.0 Å². The first-order chi connectivity index (χ1) is 8.99. The van der Waals surface area contributed by atoms with Crippen LogP contribution in [0.3, 0.4) is 0 Å². The largest absolute Gasteiger partial charge is 0.355 e. The molecule has 19 heavy (non-hydrogen) atoms. The predicted octanol–water partition coefficient (Wildman–Crippen LogP) is 0.886. The van der Waals surface area contributed by atoms with Crippen molar-refractivity contribution in [3.05, 3.63) is 29.6 Å². The molecule has 0 saturated heterocycles. The van der Waals surface area contributed by atoms with Gasteiger partial charge in [0.1, 0.15) is 0 Å². The molecule has 1 atom stereocenters. The summed E-state index contributed by atoms with van der Waals surface area (Å²) in [5.74, 6) is -0.112. The Morgan fingerprint density at radius 2 is 1.95 bits per heavy atom. The fourth-order valence-electron chi connectivity index (χ4n) is 1.54. The molecule has 0 saturated carbocycles. The van der Waals surface area contributed by atoms with Crippen LogP contribution in [-0.4, -0.2) is 30.0 Å². The zero-order valence-electron chi connectivity index (χ0n) is 11.5. The van der Waals surface area contributed by atoms with E-state index in [2.05, 4.69) is 20.9 Å². The van der Waals surface area contributed by atoms with Gasteiger partial charge < -0.3 is 16.0 Å². The fraction of sp³-hybridized carbons (Fsp3) is 0.462. The van der Waals surface area contributed by atoms with Crippen LogP contribution >= 0.6 is 0 Å². The van der Waals surface area contributed by atoms with Crippen LogP contribution in [-0.2, 0) is 4.79 Å². The average Bonchev–Trinajstić information content (AvgIpc) is 2.34. The molecule has 1 aromatic heterocycles. The van der Waals surface area contributed by atoms with Gasteiger partial charge in [-0.2, -0.15) is 0 Å². The van der Waals surface area contributed by atoms with Crippen molar-refractivity contribution in [2.75, 3.05) is 13.1 Å². The van der Waals surface area contributed by atoms with Gasteiger partial charge in [0.2, 0.25) is 5.91 Å². The molecule has 0 aromatic carbocycles. The molecule has 1 aromatic rings. The van der Waals surface area contributed by atoms with Crippen molar-refractivity contribution in [2.24, 2.45) is 0 Å². The zero-order valence-corrected chi connectivity index (χ0v) is 11.5. The summed E-state index contributed by atoms with van der Waals surface area (Å²) < 4.78 is 0. The molecule has 0 aliphatic rings. The number of pyridine rings is 1. The molecule has 0 fully saturated rings. The highest BCUT2D eigenvalue weighted by Gasteiger charge is 2.09. The van der Waals surface area contributed by atoms with E-state index in [0.717, 1.165) is 11.4 Å². The molecule has 104 valence electrons. The maximum absolute atomic E-state index is 11.6. The lowest BCUT2D eigenvalue weighted by atomic mass is 10.2. The number of aryl methyl sites for hydroxylation is 1. The van der Waals surface area contributed by atoms with Crippen LogP contribution in [0, 0.1) is 6.92 Å². The van der Waals surface area contributed by atoms with Crippen LogP contribution in [0.2, 0.25) is 0 Å². The van der Waals surface area contributed by atoms with Gasteiger partial charge >= 0.3 is 6.03 Å². The van der Waals surface area contributed by atoms with Gasteiger partial charge in [0, 0.05) is 25.7 Å². The number of urea groups is 1. The molecule has 0 unspecified atom stereocenters. The van der Waals surface area contributed by atoms with Crippen molar-refractivity contribution in [3.63, 3.8) is 0 Å². The van der Waals surface area contributed by atoms with Gasteiger partial charge in [-0.15, -0.1) is 0 Å². The van der Waals surface area contributed by atoms with Gasteiger partial charge in [-0.3, -0.25) is 9.78 Å². The highest BCUT2D eigenvalue weighted by atomic mass is 16.2. The summed E-state index contributed by atoms with van der Waals surface area (Å²) in [6, 6.07) is 5.24. The molecule has 3 N–H and O–H groups in total. The lowest BCUT2D eigenvalue weighted by Crippen LogP contribution is -2.41. The van der Waals surface area contributed by atoms with Crippen molar-refractivity contribution in [1.29, 1.82) is 0 Å². The number of carbonyl (C=O) groups excluding carboxylic acids is 2. The minimum atomic E-state index is -0.277. The first-order valence-electron chi connectivity index (χ1n) is 6.21. The van der Waals surface area contributed by atoms with E-state index < -0.39 is 0 Å². The standard InChI is InChI=1S/C13H20N4O2/c1-9-5-4-6-12(16-9)10(2)17-13(19)15-8-7-14-11(3)18/h4-6,10H,7-8H2,1-3H3,(H,14,18)(H2,15,17,19)/t10-/m0/s1. The third kappa shape index (κ3) is 5.85. The highest BCUT2D eigenvalue weighted by molar-refractivity contribution is 5.75. The average molecular weight is 264 g/mol. The second kappa shape index (κ2) is 7.35. The molecule has 3 amide bonds. The summed E-state index contributed by atoms with van der Waals surface area (Å²) in [6.07, 6.45) is 0. The lowest BCUT2D eigenvalue weighted by Gasteiger charge is -2.14. The monoisotopic (exact) mass is 264 g/mol. The Hall–Kier alpha value is -2.11. The van der Waals surface area contributed by atoms with Gasteiger partial charge in [0.05, 0.1) is 11.7 Å². The van der Waals surface area contributed by atoms with Crippen LogP contribution < -0.4 is 16.0 Å². The van der Waals surface area contributed by atoms with Crippen LogP contribution in [0.15, 0.2) is 18.2 Å². The summed E-state index contributed by atoms with van der Waals surface area (Å²) in [5, 5.41) is 8.05. The molecule has 0 bridgehead atoms. The predicted molar refractivity (Wildman–Crippen MR) is 72.6 cm³/mol. The highest BCUT2D eigenvalue weighted by Crippen LogP contribution is 2.09. The molecular weight excluding hydrogens is 244 g/mol. The summed E-state index contributed by atoms with van der Waals surface area (Å²) >= 11 is 0. The van der Waals surface area contributed by atoms with Crippen LogP contribution in [0.1, 0.15) is 31.3 Å². The maximum atomic E-state index is 11.6. The Morgan fingerprint density at radius 3 is 2.58 bits per heavy atom. The summed E-state index contributed by atoms with van der Waals surface area (Å²) in [7, 11) is 0. The smallest absolute Gasteiger partial charge is 0.315 e. The SMILES string of the molecule is CC(=O)NCCNC(=O)N[C@@H](C)c1cccc(C)n1. The minimum absolute atomic E-state index is 0.112. The third-order valence-corrected chi connectivity index (χ3v) is 2.49. The molecule has 6 heteroatoms. The Labute approximate surface area is 113 Å². The van der Waals surface area contributed by atoms with Gasteiger partial charge in [-0.1, -0.05) is 6.07 Å². The zero-order chi connectivity index (χ0) is 14.3. The fourth-order valence-corrected chi connectivity index (χ4v) is 1.54. The van der Waals surface area contributed by atoms with Crippen molar-refractivity contribution in [2.45, 2.75) is 26.8 Å². The number of hydrogen-bond donors (Lipinski definition) is 3. The van der Waals surface area contributed by atoms with Crippen molar-refractivity contribution in [1.82, 2.24) is 20.9 Å².